The zero-order chi connectivity index (χ0) is 12.8. The molecule has 92 valence electrons. The highest BCUT2D eigenvalue weighted by Crippen LogP contribution is 2.19. The van der Waals surface area contributed by atoms with Gasteiger partial charge in [-0.2, -0.15) is 0 Å². The van der Waals surface area contributed by atoms with Crippen LogP contribution in [0.1, 0.15) is 16.8 Å². The Bertz CT molecular complexity index is 433. The Morgan fingerprint density at radius 1 is 1.47 bits per heavy atom. The number of hydrogen-bond acceptors (Lipinski definition) is 3. The van der Waals surface area contributed by atoms with Gasteiger partial charge in [-0.25, -0.2) is 0 Å². The lowest BCUT2D eigenvalue weighted by Crippen LogP contribution is -2.26. The van der Waals surface area contributed by atoms with Gasteiger partial charge in [-0.15, -0.1) is 0 Å². The topological polar surface area (TPSA) is 75.6 Å². The van der Waals surface area contributed by atoms with E-state index in [0.717, 1.165) is 3.57 Å². The Morgan fingerprint density at radius 2 is 2.18 bits per heavy atom. The Kier molecular flexibility index (Phi) is 5.20. The van der Waals surface area contributed by atoms with Gasteiger partial charge in [0.1, 0.15) is 5.75 Å². The molecule has 6 heteroatoms. The third-order valence-corrected chi connectivity index (χ3v) is 2.94. The highest BCUT2D eigenvalue weighted by molar-refractivity contribution is 14.1. The van der Waals surface area contributed by atoms with Crippen LogP contribution in [0.4, 0.5) is 0 Å². The van der Waals surface area contributed by atoms with Gasteiger partial charge in [-0.1, -0.05) is 0 Å². The molecular formula is C11H12INO4. The van der Waals surface area contributed by atoms with Crippen molar-refractivity contribution in [3.8, 4) is 5.75 Å². The van der Waals surface area contributed by atoms with E-state index in [2.05, 4.69) is 5.32 Å². The fourth-order valence-corrected chi connectivity index (χ4v) is 1.92. The Balaban J connectivity index is 2.66. The molecule has 0 fully saturated rings. The molecule has 0 bridgehead atoms. The Labute approximate surface area is 112 Å². The van der Waals surface area contributed by atoms with Gasteiger partial charge >= 0.3 is 5.97 Å². The number of carboxylic acids is 1. The number of amides is 1. The summed E-state index contributed by atoms with van der Waals surface area (Å²) in [5.41, 5.74) is 0.511. The van der Waals surface area contributed by atoms with Gasteiger partial charge in [0.25, 0.3) is 5.91 Å². The van der Waals surface area contributed by atoms with Gasteiger partial charge in [-0.05, 0) is 40.8 Å². The van der Waals surface area contributed by atoms with E-state index in [1.165, 1.54) is 0 Å². The molecule has 0 atom stereocenters. The number of rotatable bonds is 5. The van der Waals surface area contributed by atoms with Gasteiger partial charge in [0.05, 0.1) is 19.1 Å². The van der Waals surface area contributed by atoms with Crippen molar-refractivity contribution in [3.05, 3.63) is 27.3 Å². The highest BCUT2D eigenvalue weighted by atomic mass is 127. The molecule has 0 saturated heterocycles. The van der Waals surface area contributed by atoms with Crippen molar-refractivity contribution < 1.29 is 19.4 Å². The van der Waals surface area contributed by atoms with Crippen molar-refractivity contribution in [1.82, 2.24) is 5.32 Å². The Morgan fingerprint density at radius 3 is 2.71 bits per heavy atom. The average Bonchev–Trinajstić information content (AvgIpc) is 2.28. The standard InChI is InChI=1S/C11H12INO4/c1-17-7-2-3-8(9(12)6-7)11(16)13-5-4-10(14)15/h2-3,6H,4-5H2,1H3,(H,13,16)(H,14,15). The van der Waals surface area contributed by atoms with E-state index in [-0.39, 0.29) is 18.9 Å². The number of nitrogens with one attached hydrogen (secondary N) is 1. The summed E-state index contributed by atoms with van der Waals surface area (Å²) in [4.78, 5) is 22.0. The van der Waals surface area contributed by atoms with E-state index in [1.54, 1.807) is 25.3 Å². The maximum absolute atomic E-state index is 11.7. The summed E-state index contributed by atoms with van der Waals surface area (Å²) in [7, 11) is 1.55. The number of hydrogen-bond donors (Lipinski definition) is 2. The van der Waals surface area contributed by atoms with E-state index in [4.69, 9.17) is 9.84 Å². The van der Waals surface area contributed by atoms with Gasteiger partial charge in [0, 0.05) is 10.1 Å². The summed E-state index contributed by atoms with van der Waals surface area (Å²) >= 11 is 2.03. The first-order chi connectivity index (χ1) is 8.04. The second-order valence-corrected chi connectivity index (χ2v) is 4.41. The summed E-state index contributed by atoms with van der Waals surface area (Å²) in [5.74, 6) is -0.537. The Hall–Kier alpha value is -1.31. The van der Waals surface area contributed by atoms with E-state index >= 15 is 0 Å². The number of methoxy groups -OCH3 is 1. The minimum absolute atomic E-state index is 0.0848. The number of carbonyl (C=O) groups is 2. The van der Waals surface area contributed by atoms with Gasteiger partial charge in [0.15, 0.2) is 0 Å². The van der Waals surface area contributed by atoms with E-state index in [9.17, 15) is 9.59 Å². The quantitative estimate of drug-likeness (QED) is 0.791. The van der Waals surface area contributed by atoms with Crippen molar-refractivity contribution in [2.45, 2.75) is 6.42 Å². The first-order valence-corrected chi connectivity index (χ1v) is 5.96. The van der Waals surface area contributed by atoms with Crippen molar-refractivity contribution in [2.24, 2.45) is 0 Å². The number of carbonyl (C=O) groups excluding carboxylic acids is 1. The zero-order valence-corrected chi connectivity index (χ0v) is 11.4. The van der Waals surface area contributed by atoms with Crippen LogP contribution in [0.25, 0.3) is 0 Å². The highest BCUT2D eigenvalue weighted by Gasteiger charge is 2.10. The van der Waals surface area contributed by atoms with Crippen molar-refractivity contribution >= 4 is 34.5 Å². The summed E-state index contributed by atoms with van der Waals surface area (Å²) in [6, 6.07) is 5.08. The summed E-state index contributed by atoms with van der Waals surface area (Å²) in [6.07, 6.45) is -0.0848. The maximum atomic E-state index is 11.7. The van der Waals surface area contributed by atoms with Crippen LogP contribution in [-0.4, -0.2) is 30.6 Å². The summed E-state index contributed by atoms with van der Waals surface area (Å²) in [6.45, 7) is 0.121. The summed E-state index contributed by atoms with van der Waals surface area (Å²) < 4.78 is 5.79. The SMILES string of the molecule is COc1ccc(C(=O)NCCC(=O)O)c(I)c1. The molecule has 1 aromatic rings. The predicted octanol–water partition coefficient (Wildman–Crippen LogP) is 1.50. The first-order valence-electron chi connectivity index (χ1n) is 4.88. The second-order valence-electron chi connectivity index (χ2n) is 3.25. The van der Waals surface area contributed by atoms with Crippen LogP contribution in [0.3, 0.4) is 0 Å². The van der Waals surface area contributed by atoms with E-state index in [1.807, 2.05) is 22.6 Å². The van der Waals surface area contributed by atoms with E-state index in [0.29, 0.717) is 11.3 Å². The predicted molar refractivity (Wildman–Crippen MR) is 70.3 cm³/mol. The minimum atomic E-state index is -0.935. The van der Waals surface area contributed by atoms with Crippen LogP contribution in [0.2, 0.25) is 0 Å². The number of carboxylic acid groups (broad SMARTS) is 1. The molecule has 0 unspecified atom stereocenters. The lowest BCUT2D eigenvalue weighted by Gasteiger charge is -2.07. The molecule has 0 aliphatic rings. The van der Waals surface area contributed by atoms with Gasteiger partial charge in [-0.3, -0.25) is 9.59 Å². The van der Waals surface area contributed by atoms with E-state index < -0.39 is 5.97 Å². The monoisotopic (exact) mass is 349 g/mol. The van der Waals surface area contributed by atoms with Crippen LogP contribution in [0.15, 0.2) is 18.2 Å². The fourth-order valence-electron chi connectivity index (χ4n) is 1.19. The molecular weight excluding hydrogens is 337 g/mol. The second kappa shape index (κ2) is 6.43. The molecule has 1 aromatic carbocycles. The molecule has 0 heterocycles. The smallest absolute Gasteiger partial charge is 0.305 e. The lowest BCUT2D eigenvalue weighted by atomic mass is 10.2. The number of aliphatic carboxylic acids is 1. The fraction of sp³-hybridized carbons (Fsp3) is 0.273. The first kappa shape index (κ1) is 13.8. The van der Waals surface area contributed by atoms with Gasteiger partial charge in [0.2, 0.25) is 0 Å². The molecule has 0 aliphatic carbocycles. The number of halogens is 1. The molecule has 0 spiro atoms. The molecule has 5 nitrogen and oxygen atoms in total. The number of benzene rings is 1. The molecule has 1 amide bonds. The molecule has 0 saturated carbocycles. The van der Waals surface area contributed by atoms with Gasteiger partial charge < -0.3 is 15.2 Å². The lowest BCUT2D eigenvalue weighted by molar-refractivity contribution is -0.136. The maximum Gasteiger partial charge on any atom is 0.305 e. The van der Waals surface area contributed by atoms with Crippen molar-refractivity contribution in [3.63, 3.8) is 0 Å². The molecule has 0 aromatic heterocycles. The third kappa shape index (κ3) is 4.22. The molecule has 17 heavy (non-hydrogen) atoms. The molecule has 1 rings (SSSR count). The molecule has 0 radical (unpaired) electrons. The number of ether oxygens (including phenoxy) is 1. The average molecular weight is 349 g/mol. The zero-order valence-electron chi connectivity index (χ0n) is 9.20. The van der Waals surface area contributed by atoms with Crippen LogP contribution in [0.5, 0.6) is 5.75 Å². The third-order valence-electron chi connectivity index (χ3n) is 2.05. The van der Waals surface area contributed by atoms with Crippen molar-refractivity contribution in [1.29, 1.82) is 0 Å². The normalized spacial score (nSPS) is 9.76. The molecule has 2 N–H and O–H groups in total. The molecule has 0 aliphatic heterocycles. The van der Waals surface area contributed by atoms with Crippen LogP contribution >= 0.6 is 22.6 Å². The van der Waals surface area contributed by atoms with Crippen LogP contribution < -0.4 is 10.1 Å². The van der Waals surface area contributed by atoms with Crippen LogP contribution in [-0.2, 0) is 4.79 Å². The largest absolute Gasteiger partial charge is 0.497 e. The minimum Gasteiger partial charge on any atom is -0.497 e. The van der Waals surface area contributed by atoms with Crippen LogP contribution in [0, 0.1) is 3.57 Å². The summed E-state index contributed by atoms with van der Waals surface area (Å²) in [5, 5.41) is 11.0. The van der Waals surface area contributed by atoms with Crippen molar-refractivity contribution in [2.75, 3.05) is 13.7 Å².